The predicted octanol–water partition coefficient (Wildman–Crippen LogP) is 2.38. The molecule has 0 aliphatic carbocycles. The van der Waals surface area contributed by atoms with E-state index in [1.54, 1.807) is 12.1 Å². The minimum Gasteiger partial charge on any atom is -0.481 e. The molecule has 3 amide bonds. The van der Waals surface area contributed by atoms with Crippen LogP contribution in [0.1, 0.15) is 21.9 Å². The summed E-state index contributed by atoms with van der Waals surface area (Å²) in [6, 6.07) is 6.96. The maximum Gasteiger partial charge on any atom is 0.373 e. The van der Waals surface area contributed by atoms with Gasteiger partial charge in [0, 0.05) is 10.0 Å². The number of carbonyl (C=O) groups is 4. The summed E-state index contributed by atoms with van der Waals surface area (Å²) in [7, 11) is 1.20. The number of hydrogen-bond donors (Lipinski definition) is 2. The van der Waals surface area contributed by atoms with E-state index in [0.717, 1.165) is 4.90 Å². The Kier molecular flexibility index (Phi) is 6.21. The Balaban J connectivity index is 1.81. The second kappa shape index (κ2) is 8.82. The summed E-state index contributed by atoms with van der Waals surface area (Å²) < 4.78 is 15.7. The van der Waals surface area contributed by atoms with Crippen LogP contribution in [0.4, 0.5) is 4.79 Å². The van der Waals surface area contributed by atoms with Gasteiger partial charge in [-0.1, -0.05) is 15.9 Å². The van der Waals surface area contributed by atoms with Gasteiger partial charge in [-0.25, -0.2) is 14.4 Å². The maximum absolute atomic E-state index is 12.7. The van der Waals surface area contributed by atoms with Crippen LogP contribution in [0, 0.1) is 0 Å². The summed E-state index contributed by atoms with van der Waals surface area (Å²) >= 11 is 3.29. The van der Waals surface area contributed by atoms with Gasteiger partial charge >= 0.3 is 18.0 Å². The number of amides is 3. The first-order valence-corrected chi connectivity index (χ1v) is 9.23. The van der Waals surface area contributed by atoms with Gasteiger partial charge in [-0.15, -0.1) is 0 Å². The molecule has 10 nitrogen and oxygen atoms in total. The number of carboxylic acids is 1. The topological polar surface area (TPSA) is 135 Å². The summed E-state index contributed by atoms with van der Waals surface area (Å²) in [4.78, 5) is 48.1. The quantitative estimate of drug-likeness (QED) is 0.351. The molecule has 0 atom stereocenters. The van der Waals surface area contributed by atoms with Crippen molar-refractivity contribution in [2.75, 3.05) is 13.7 Å². The molecule has 1 fully saturated rings. The third-order valence-corrected chi connectivity index (χ3v) is 4.44. The number of aliphatic carboxylic acids is 1. The van der Waals surface area contributed by atoms with Gasteiger partial charge in [0.25, 0.3) is 5.91 Å². The average Bonchev–Trinajstić information content (AvgIpc) is 3.27. The van der Waals surface area contributed by atoms with Crippen molar-refractivity contribution < 1.29 is 38.2 Å². The largest absolute Gasteiger partial charge is 0.481 e. The summed E-state index contributed by atoms with van der Waals surface area (Å²) in [6.07, 6.45) is 1.38. The monoisotopic (exact) mass is 478 g/mol. The van der Waals surface area contributed by atoms with Crippen LogP contribution >= 0.6 is 15.9 Å². The van der Waals surface area contributed by atoms with E-state index in [2.05, 4.69) is 26.0 Å². The van der Waals surface area contributed by atoms with E-state index >= 15 is 0 Å². The zero-order valence-corrected chi connectivity index (χ0v) is 17.1. The molecule has 0 saturated carbocycles. The van der Waals surface area contributed by atoms with Gasteiger partial charge in [0.05, 0.1) is 13.7 Å². The molecule has 2 aromatic rings. The maximum atomic E-state index is 12.7. The Morgan fingerprint density at radius 3 is 2.73 bits per heavy atom. The molecule has 1 saturated heterocycles. The van der Waals surface area contributed by atoms with E-state index in [1.807, 2.05) is 0 Å². The molecule has 0 spiro atoms. The van der Waals surface area contributed by atoms with Gasteiger partial charge in [-0.05, 0) is 36.4 Å². The highest BCUT2D eigenvalue weighted by atomic mass is 79.9. The molecule has 1 aromatic carbocycles. The van der Waals surface area contributed by atoms with Gasteiger partial charge < -0.3 is 24.3 Å². The summed E-state index contributed by atoms with van der Waals surface area (Å²) in [5.41, 5.74) is 0.361. The fourth-order valence-corrected chi connectivity index (χ4v) is 2.98. The van der Waals surface area contributed by atoms with Crippen molar-refractivity contribution in [3.05, 3.63) is 57.6 Å². The van der Waals surface area contributed by atoms with Crippen LogP contribution in [0.25, 0.3) is 6.08 Å². The van der Waals surface area contributed by atoms with E-state index in [-0.39, 0.29) is 29.5 Å². The summed E-state index contributed by atoms with van der Waals surface area (Å²) in [6.45, 7) is -0.759. The lowest BCUT2D eigenvalue weighted by Crippen LogP contribution is -2.30. The number of hydrogen-bond acceptors (Lipinski definition) is 7. The first-order valence-electron chi connectivity index (χ1n) is 8.44. The second-order valence-electron chi connectivity index (χ2n) is 6.00. The molecule has 11 heteroatoms. The van der Waals surface area contributed by atoms with Crippen molar-refractivity contribution in [2.45, 2.75) is 6.54 Å². The van der Waals surface area contributed by atoms with Crippen LogP contribution in [0.2, 0.25) is 0 Å². The normalized spacial score (nSPS) is 14.7. The Labute approximate surface area is 178 Å². The standard InChI is InChI=1S/C19H15BrN2O8/c1-28-18(26)15-5-3-12(30-15)8-22-17(25)13(21-19(22)27)7-10-6-11(20)2-4-14(10)29-9-16(23)24/h2-7H,8-9H2,1H3,(H,21,27)(H,23,24)/b13-7-. The number of nitrogens with one attached hydrogen (secondary N) is 1. The van der Waals surface area contributed by atoms with E-state index in [0.29, 0.717) is 10.0 Å². The number of carboxylic acid groups (broad SMARTS) is 1. The Bertz CT molecular complexity index is 1060. The number of halogens is 1. The predicted molar refractivity (Wildman–Crippen MR) is 104 cm³/mol. The highest BCUT2D eigenvalue weighted by molar-refractivity contribution is 9.10. The van der Waals surface area contributed by atoms with Gasteiger partial charge in [-0.2, -0.15) is 0 Å². The average molecular weight is 479 g/mol. The SMILES string of the molecule is COC(=O)c1ccc(CN2C(=O)N/C(=C\c3cc(Br)ccc3OCC(=O)O)C2=O)o1. The molecular formula is C19H15BrN2O8. The number of nitrogens with zero attached hydrogens (tertiary/aromatic N) is 1. The number of ether oxygens (including phenoxy) is 2. The van der Waals surface area contributed by atoms with E-state index in [9.17, 15) is 19.2 Å². The van der Waals surface area contributed by atoms with Gasteiger partial charge in [-0.3, -0.25) is 9.69 Å². The molecule has 1 aliphatic heterocycles. The minimum absolute atomic E-state index is 0.0296. The second-order valence-corrected chi connectivity index (χ2v) is 6.92. The van der Waals surface area contributed by atoms with Crippen LogP contribution in [-0.2, 0) is 20.9 Å². The summed E-state index contributed by atoms with van der Waals surface area (Å²) in [5.74, 6) is -2.07. The van der Waals surface area contributed by atoms with Crippen LogP contribution in [-0.4, -0.2) is 47.6 Å². The zero-order valence-electron chi connectivity index (χ0n) is 15.5. The number of imide groups is 1. The molecule has 0 unspecified atom stereocenters. The van der Waals surface area contributed by atoms with Crippen molar-refractivity contribution in [1.29, 1.82) is 0 Å². The Morgan fingerprint density at radius 1 is 1.27 bits per heavy atom. The first-order chi connectivity index (χ1) is 14.3. The Hall–Kier alpha value is -3.60. The van der Waals surface area contributed by atoms with Gasteiger partial charge in [0.2, 0.25) is 5.76 Å². The van der Waals surface area contributed by atoms with Crippen LogP contribution in [0.15, 0.2) is 44.9 Å². The molecule has 0 bridgehead atoms. The molecule has 1 aromatic heterocycles. The third-order valence-electron chi connectivity index (χ3n) is 3.95. The molecule has 156 valence electrons. The number of furan rings is 1. The van der Waals surface area contributed by atoms with E-state index < -0.39 is 30.5 Å². The lowest BCUT2D eigenvalue weighted by molar-refractivity contribution is -0.139. The lowest BCUT2D eigenvalue weighted by atomic mass is 10.1. The molecular weight excluding hydrogens is 464 g/mol. The molecule has 1 aliphatic rings. The number of rotatable bonds is 7. The summed E-state index contributed by atoms with van der Waals surface area (Å²) in [5, 5.41) is 11.3. The van der Waals surface area contributed by atoms with Crippen LogP contribution < -0.4 is 10.1 Å². The Morgan fingerprint density at radius 2 is 2.03 bits per heavy atom. The molecule has 3 rings (SSSR count). The molecule has 2 N–H and O–H groups in total. The van der Waals surface area contributed by atoms with Crippen molar-refractivity contribution in [3.63, 3.8) is 0 Å². The van der Waals surface area contributed by atoms with Crippen molar-refractivity contribution in [3.8, 4) is 5.75 Å². The highest BCUT2D eigenvalue weighted by Gasteiger charge is 2.34. The smallest absolute Gasteiger partial charge is 0.373 e. The highest BCUT2D eigenvalue weighted by Crippen LogP contribution is 2.27. The van der Waals surface area contributed by atoms with Crippen molar-refractivity contribution >= 4 is 45.9 Å². The number of urea groups is 1. The lowest BCUT2D eigenvalue weighted by Gasteiger charge is -2.09. The van der Waals surface area contributed by atoms with Crippen LogP contribution in [0.3, 0.4) is 0 Å². The minimum atomic E-state index is -1.15. The van der Waals surface area contributed by atoms with Crippen LogP contribution in [0.5, 0.6) is 5.75 Å². The van der Waals surface area contributed by atoms with E-state index in [1.165, 1.54) is 31.4 Å². The van der Waals surface area contributed by atoms with Crippen molar-refractivity contribution in [2.24, 2.45) is 0 Å². The molecule has 2 heterocycles. The van der Waals surface area contributed by atoms with Gasteiger partial charge in [0.1, 0.15) is 17.2 Å². The molecule has 0 radical (unpaired) electrons. The number of carbonyl (C=O) groups excluding carboxylic acids is 3. The number of benzene rings is 1. The van der Waals surface area contributed by atoms with Gasteiger partial charge in [0.15, 0.2) is 6.61 Å². The fraction of sp³-hybridized carbons (Fsp3) is 0.158. The van der Waals surface area contributed by atoms with Crippen molar-refractivity contribution in [1.82, 2.24) is 10.2 Å². The fourth-order valence-electron chi connectivity index (χ4n) is 2.60. The zero-order chi connectivity index (χ0) is 21.8. The third kappa shape index (κ3) is 4.69. The number of esters is 1. The first kappa shape index (κ1) is 21.1. The van der Waals surface area contributed by atoms with E-state index in [4.69, 9.17) is 14.3 Å². The molecule has 30 heavy (non-hydrogen) atoms. The number of methoxy groups -OCH3 is 1.